The van der Waals surface area contributed by atoms with Gasteiger partial charge >= 0.3 is 5.97 Å². The van der Waals surface area contributed by atoms with Crippen LogP contribution < -0.4 is 5.32 Å². The Morgan fingerprint density at radius 2 is 1.61 bits per heavy atom. The number of nitrogens with one attached hydrogen (secondary N) is 1. The molecule has 1 saturated heterocycles. The Labute approximate surface area is 194 Å². The van der Waals surface area contributed by atoms with Crippen LogP contribution >= 0.6 is 0 Å². The van der Waals surface area contributed by atoms with E-state index in [1.807, 2.05) is 9.80 Å². The van der Waals surface area contributed by atoms with E-state index in [1.165, 1.54) is 11.0 Å². The monoisotopic (exact) mass is 465 g/mol. The van der Waals surface area contributed by atoms with Crippen molar-refractivity contribution in [3.8, 4) is 5.75 Å². The zero-order valence-electron chi connectivity index (χ0n) is 19.7. The number of para-hydroxylation sites is 2. The smallest absolute Gasteiger partial charge is 0.308 e. The number of phenols is 1. The van der Waals surface area contributed by atoms with E-state index >= 15 is 0 Å². The van der Waals surface area contributed by atoms with Crippen LogP contribution in [0.1, 0.15) is 6.42 Å². The number of carboxylic acids is 1. The van der Waals surface area contributed by atoms with Crippen LogP contribution in [0.15, 0.2) is 24.3 Å². The summed E-state index contributed by atoms with van der Waals surface area (Å²) < 4.78 is 0. The molecule has 11 heteroatoms. The van der Waals surface area contributed by atoms with Crippen LogP contribution in [0.4, 0.5) is 5.69 Å². The van der Waals surface area contributed by atoms with Crippen molar-refractivity contribution in [1.29, 1.82) is 0 Å². The molecule has 1 aromatic carbocycles. The first-order valence-corrected chi connectivity index (χ1v) is 10.6. The lowest BCUT2D eigenvalue weighted by atomic mass is 10.0. The molecule has 33 heavy (non-hydrogen) atoms. The molecule has 11 nitrogen and oxygen atoms in total. The van der Waals surface area contributed by atoms with Crippen molar-refractivity contribution in [2.45, 2.75) is 6.42 Å². The Bertz CT molecular complexity index is 793. The third-order valence-corrected chi connectivity index (χ3v) is 4.97. The maximum Gasteiger partial charge on any atom is 0.308 e. The minimum atomic E-state index is -1.03. The summed E-state index contributed by atoms with van der Waals surface area (Å²) in [5.41, 5.74) is 0.260. The van der Waals surface area contributed by atoms with E-state index in [2.05, 4.69) is 5.32 Å². The Morgan fingerprint density at radius 1 is 1.06 bits per heavy atom. The third kappa shape index (κ3) is 10.8. The van der Waals surface area contributed by atoms with Gasteiger partial charge in [0.15, 0.2) is 0 Å². The zero-order chi connectivity index (χ0) is 25.0. The topological polar surface area (TPSA) is 134 Å². The van der Waals surface area contributed by atoms with Crippen LogP contribution in [0.5, 0.6) is 5.75 Å². The summed E-state index contributed by atoms with van der Waals surface area (Å²) in [5.74, 6) is -2.36. The maximum atomic E-state index is 12.2. The normalized spacial score (nSPS) is 14.9. The molecule has 1 aromatic rings. The Morgan fingerprint density at radius 3 is 2.09 bits per heavy atom. The van der Waals surface area contributed by atoms with Crippen LogP contribution in [0, 0.1) is 5.92 Å². The number of aliphatic carboxylic acids is 1. The summed E-state index contributed by atoms with van der Waals surface area (Å²) in [6.45, 7) is 3.26. The van der Waals surface area contributed by atoms with Gasteiger partial charge in [-0.3, -0.25) is 29.0 Å². The third-order valence-electron chi connectivity index (χ3n) is 4.97. The molecule has 1 heterocycles. The Balaban J connectivity index is 0.000000981. The SMILES string of the molecule is CN(C)C(=O)CN1CCN(CC(CC(=O)Nc2ccccc2O)C(=O)O)CC1.CN(C)C=O. The van der Waals surface area contributed by atoms with Crippen molar-refractivity contribution >= 4 is 29.9 Å². The fourth-order valence-electron chi connectivity index (χ4n) is 3.01. The van der Waals surface area contributed by atoms with Gasteiger partial charge in [0.1, 0.15) is 5.75 Å². The number of rotatable bonds is 9. The quantitative estimate of drug-likeness (QED) is 0.338. The Kier molecular flexibility index (Phi) is 11.9. The van der Waals surface area contributed by atoms with Crippen LogP contribution in [0.25, 0.3) is 0 Å². The van der Waals surface area contributed by atoms with Crippen molar-refractivity contribution in [3.63, 3.8) is 0 Å². The first-order chi connectivity index (χ1) is 15.5. The molecule has 0 radical (unpaired) electrons. The average molecular weight is 466 g/mol. The number of hydrogen-bond donors (Lipinski definition) is 3. The number of carbonyl (C=O) groups is 4. The van der Waals surface area contributed by atoms with Gasteiger partial charge in [-0.2, -0.15) is 0 Å². The number of carboxylic acid groups (broad SMARTS) is 1. The van der Waals surface area contributed by atoms with Gasteiger partial charge in [-0.1, -0.05) is 12.1 Å². The molecule has 3 amide bonds. The highest BCUT2D eigenvalue weighted by atomic mass is 16.4. The van der Waals surface area contributed by atoms with Crippen molar-refractivity contribution < 1.29 is 29.4 Å². The summed E-state index contributed by atoms with van der Waals surface area (Å²) in [6, 6.07) is 6.31. The highest BCUT2D eigenvalue weighted by Gasteiger charge is 2.27. The van der Waals surface area contributed by atoms with Gasteiger partial charge in [0.25, 0.3) is 0 Å². The number of hydrogen-bond acceptors (Lipinski definition) is 7. The molecule has 0 saturated carbocycles. The van der Waals surface area contributed by atoms with Crippen LogP contribution in [-0.4, -0.2) is 121 Å². The number of carbonyl (C=O) groups excluding carboxylic acids is 3. The molecule has 3 N–H and O–H groups in total. The van der Waals surface area contributed by atoms with Gasteiger partial charge in [-0.25, -0.2) is 0 Å². The summed E-state index contributed by atoms with van der Waals surface area (Å²) in [5, 5.41) is 21.8. The van der Waals surface area contributed by atoms with Crippen molar-refractivity contribution in [2.24, 2.45) is 5.92 Å². The molecule has 1 atom stereocenters. The van der Waals surface area contributed by atoms with Crippen LogP contribution in [-0.2, 0) is 19.2 Å². The van der Waals surface area contributed by atoms with Gasteiger partial charge in [0.2, 0.25) is 18.2 Å². The van der Waals surface area contributed by atoms with Crippen LogP contribution in [0.3, 0.4) is 0 Å². The lowest BCUT2D eigenvalue weighted by Crippen LogP contribution is -2.50. The molecule has 0 aliphatic carbocycles. The minimum Gasteiger partial charge on any atom is -0.506 e. The largest absolute Gasteiger partial charge is 0.506 e. The summed E-state index contributed by atoms with van der Waals surface area (Å²) in [6.07, 6.45) is 0.572. The number of aromatic hydroxyl groups is 1. The average Bonchev–Trinajstić information content (AvgIpc) is 2.76. The number of amides is 3. The highest BCUT2D eigenvalue weighted by molar-refractivity contribution is 5.94. The second kappa shape index (κ2) is 14.1. The number of nitrogens with zero attached hydrogens (tertiary/aromatic N) is 4. The summed E-state index contributed by atoms with van der Waals surface area (Å²) in [4.78, 5) is 52.1. The molecule has 1 fully saturated rings. The van der Waals surface area contributed by atoms with Crippen molar-refractivity contribution in [2.75, 3.05) is 72.8 Å². The molecule has 1 unspecified atom stereocenters. The number of piperazine rings is 1. The second-order valence-electron chi connectivity index (χ2n) is 8.24. The number of phenolic OH excluding ortho intramolecular Hbond substituents is 1. The molecule has 184 valence electrons. The van der Waals surface area contributed by atoms with Crippen molar-refractivity contribution in [3.05, 3.63) is 24.3 Å². The second-order valence-corrected chi connectivity index (χ2v) is 8.24. The standard InChI is InChI=1S/C19H28N4O5.C3H7NO/c1-21(2)18(26)13-23-9-7-22(8-10-23)12-14(19(27)28)11-17(25)20-15-5-3-4-6-16(15)24;1-4(2)3-5/h3-6,14,24H,7-13H2,1-2H3,(H,20,25)(H,27,28);3H,1-2H3. The predicted octanol–water partition coefficient (Wildman–Crippen LogP) is -0.168. The molecular weight excluding hydrogens is 430 g/mol. The lowest BCUT2D eigenvalue weighted by Gasteiger charge is -2.35. The van der Waals surface area contributed by atoms with Gasteiger partial charge in [-0.05, 0) is 12.1 Å². The van der Waals surface area contributed by atoms with Gasteiger partial charge in [0.05, 0.1) is 18.2 Å². The number of anilines is 1. The van der Waals surface area contributed by atoms with Gasteiger partial charge in [0, 0.05) is 67.3 Å². The first kappa shape index (κ1) is 27.9. The van der Waals surface area contributed by atoms with E-state index in [-0.39, 0.29) is 30.3 Å². The molecular formula is C22H35N5O6. The minimum absolute atomic E-state index is 0.0395. The van der Waals surface area contributed by atoms with E-state index in [1.54, 1.807) is 51.3 Å². The molecule has 0 bridgehead atoms. The van der Waals surface area contributed by atoms with Crippen molar-refractivity contribution in [1.82, 2.24) is 19.6 Å². The van der Waals surface area contributed by atoms with Gasteiger partial charge in [-0.15, -0.1) is 0 Å². The van der Waals surface area contributed by atoms with E-state index in [4.69, 9.17) is 0 Å². The predicted molar refractivity (Wildman–Crippen MR) is 124 cm³/mol. The molecule has 1 aliphatic rings. The van der Waals surface area contributed by atoms with Crippen LogP contribution in [0.2, 0.25) is 0 Å². The summed E-state index contributed by atoms with van der Waals surface area (Å²) in [7, 11) is 6.81. The maximum absolute atomic E-state index is 12.2. The fourth-order valence-corrected chi connectivity index (χ4v) is 3.01. The number of likely N-dealkylation sites (N-methyl/N-ethyl adjacent to an activating group) is 1. The van der Waals surface area contributed by atoms with E-state index < -0.39 is 17.8 Å². The Hall–Kier alpha value is -3.18. The molecule has 1 aliphatic heterocycles. The summed E-state index contributed by atoms with van der Waals surface area (Å²) >= 11 is 0. The van der Waals surface area contributed by atoms with E-state index in [9.17, 15) is 29.4 Å². The zero-order valence-corrected chi connectivity index (χ0v) is 19.7. The highest BCUT2D eigenvalue weighted by Crippen LogP contribution is 2.22. The van der Waals surface area contributed by atoms with E-state index in [0.717, 1.165) is 6.41 Å². The van der Waals surface area contributed by atoms with E-state index in [0.29, 0.717) is 32.7 Å². The lowest BCUT2D eigenvalue weighted by molar-refractivity contribution is -0.144. The number of benzene rings is 1. The molecule has 2 rings (SSSR count). The first-order valence-electron chi connectivity index (χ1n) is 10.6. The fraction of sp³-hybridized carbons (Fsp3) is 0.545. The van der Waals surface area contributed by atoms with Gasteiger partial charge < -0.3 is 25.3 Å². The molecule has 0 aromatic heterocycles. The molecule has 0 spiro atoms.